The van der Waals surface area contributed by atoms with Gasteiger partial charge in [0.25, 0.3) is 0 Å². The normalized spacial score (nSPS) is 10.8. The number of thioether (sulfide) groups is 1. The number of rotatable bonds is 8. The van der Waals surface area contributed by atoms with Crippen LogP contribution in [0.4, 0.5) is 5.13 Å². The highest BCUT2D eigenvalue weighted by Gasteiger charge is 2.13. The van der Waals surface area contributed by atoms with Gasteiger partial charge in [-0.1, -0.05) is 59.3 Å². The Kier molecular flexibility index (Phi) is 6.87. The van der Waals surface area contributed by atoms with Gasteiger partial charge < -0.3 is 14.6 Å². The fourth-order valence-corrected chi connectivity index (χ4v) is 4.32. The maximum atomic E-state index is 12.4. The first-order valence-electron chi connectivity index (χ1n) is 10.0. The highest BCUT2D eigenvalue weighted by molar-refractivity contribution is 7.99. The molecule has 1 N–H and O–H groups in total. The van der Waals surface area contributed by atoms with Gasteiger partial charge in [-0.05, 0) is 26.0 Å². The molecule has 1 amide bonds. The molecule has 0 saturated carbocycles. The van der Waals surface area contributed by atoms with E-state index in [1.807, 2.05) is 79.4 Å². The van der Waals surface area contributed by atoms with E-state index in [2.05, 4.69) is 20.5 Å². The van der Waals surface area contributed by atoms with E-state index in [-0.39, 0.29) is 11.7 Å². The molecule has 0 spiro atoms. The summed E-state index contributed by atoms with van der Waals surface area (Å²) < 4.78 is 7.61. The average molecular weight is 466 g/mol. The van der Waals surface area contributed by atoms with Crippen LogP contribution in [0.15, 0.2) is 59.1 Å². The van der Waals surface area contributed by atoms with Crippen molar-refractivity contribution >= 4 is 34.1 Å². The molecule has 0 unspecified atom stereocenters. The standard InChI is InChI=1S/C23H23N5O2S2/c1-15-4-8-17(9-5-15)19-13-31-22(24-19)25-21(29)14-32-23-27-26-20(28(23)3)12-30-18-10-6-16(2)7-11-18/h4-11,13H,12,14H2,1-3H3,(H,24,25,29). The lowest BCUT2D eigenvalue weighted by Gasteiger charge is -2.07. The van der Waals surface area contributed by atoms with Gasteiger partial charge in [-0.25, -0.2) is 4.98 Å². The molecular weight excluding hydrogens is 442 g/mol. The minimum absolute atomic E-state index is 0.139. The average Bonchev–Trinajstić information content (AvgIpc) is 3.39. The SMILES string of the molecule is Cc1ccc(OCc2nnc(SCC(=O)Nc3nc(-c4ccc(C)cc4)cs3)n2C)cc1. The molecule has 0 atom stereocenters. The second-order valence-electron chi connectivity index (χ2n) is 7.30. The topological polar surface area (TPSA) is 81.9 Å². The number of hydrogen-bond acceptors (Lipinski definition) is 7. The number of nitrogens with one attached hydrogen (secondary N) is 1. The maximum Gasteiger partial charge on any atom is 0.236 e. The Labute approximate surface area is 194 Å². The summed E-state index contributed by atoms with van der Waals surface area (Å²) in [7, 11) is 1.86. The Morgan fingerprint density at radius 3 is 2.47 bits per heavy atom. The molecule has 4 rings (SSSR count). The minimum Gasteiger partial charge on any atom is -0.486 e. The van der Waals surface area contributed by atoms with Crippen molar-refractivity contribution in [1.82, 2.24) is 19.7 Å². The first-order chi connectivity index (χ1) is 15.5. The Morgan fingerprint density at radius 1 is 1.06 bits per heavy atom. The van der Waals surface area contributed by atoms with Gasteiger partial charge in [0, 0.05) is 18.0 Å². The molecule has 2 aromatic carbocycles. The van der Waals surface area contributed by atoms with Crippen LogP contribution in [0.1, 0.15) is 17.0 Å². The van der Waals surface area contributed by atoms with Crippen molar-refractivity contribution < 1.29 is 9.53 Å². The Hall–Kier alpha value is -3.17. The number of ether oxygens (including phenoxy) is 1. The number of thiazole rings is 1. The summed E-state index contributed by atoms with van der Waals surface area (Å²) >= 11 is 2.73. The van der Waals surface area contributed by atoms with E-state index in [4.69, 9.17) is 4.74 Å². The first kappa shape index (κ1) is 22.0. The number of amides is 1. The Balaban J connectivity index is 1.29. The van der Waals surface area contributed by atoms with Crippen molar-refractivity contribution in [3.63, 3.8) is 0 Å². The molecule has 2 aromatic heterocycles. The molecule has 164 valence electrons. The number of anilines is 1. The highest BCUT2D eigenvalue weighted by atomic mass is 32.2. The molecule has 2 heterocycles. The predicted molar refractivity (Wildman–Crippen MR) is 128 cm³/mol. The van der Waals surface area contributed by atoms with Gasteiger partial charge in [0.15, 0.2) is 16.1 Å². The molecule has 0 radical (unpaired) electrons. The zero-order chi connectivity index (χ0) is 22.5. The van der Waals surface area contributed by atoms with Crippen molar-refractivity contribution in [2.75, 3.05) is 11.1 Å². The van der Waals surface area contributed by atoms with Crippen LogP contribution in [0, 0.1) is 13.8 Å². The number of aryl methyl sites for hydroxylation is 2. The molecule has 0 aliphatic rings. The monoisotopic (exact) mass is 465 g/mol. The summed E-state index contributed by atoms with van der Waals surface area (Å²) in [5.41, 5.74) is 4.26. The predicted octanol–water partition coefficient (Wildman–Crippen LogP) is 4.87. The fraction of sp³-hybridized carbons (Fsp3) is 0.217. The Bertz CT molecular complexity index is 1200. The summed E-state index contributed by atoms with van der Waals surface area (Å²) in [5.74, 6) is 1.54. The minimum atomic E-state index is -0.139. The highest BCUT2D eigenvalue weighted by Crippen LogP contribution is 2.25. The molecular formula is C23H23N5O2S2. The quantitative estimate of drug-likeness (QED) is 0.374. The summed E-state index contributed by atoms with van der Waals surface area (Å²) in [5, 5.41) is 14.4. The van der Waals surface area contributed by atoms with Gasteiger partial charge in [-0.15, -0.1) is 21.5 Å². The van der Waals surface area contributed by atoms with Gasteiger partial charge in [0.05, 0.1) is 11.4 Å². The Morgan fingerprint density at radius 2 is 1.75 bits per heavy atom. The van der Waals surface area contributed by atoms with Gasteiger partial charge in [-0.2, -0.15) is 0 Å². The van der Waals surface area contributed by atoms with Crippen molar-refractivity contribution in [3.8, 4) is 17.0 Å². The summed E-state index contributed by atoms with van der Waals surface area (Å²) in [4.78, 5) is 16.9. The number of hydrogen-bond donors (Lipinski definition) is 1. The first-order valence-corrected chi connectivity index (χ1v) is 11.9. The van der Waals surface area contributed by atoms with E-state index in [0.717, 1.165) is 17.0 Å². The third-order valence-electron chi connectivity index (χ3n) is 4.74. The molecule has 32 heavy (non-hydrogen) atoms. The molecule has 4 aromatic rings. The second kappa shape index (κ2) is 9.97. The van der Waals surface area contributed by atoms with Crippen molar-refractivity contribution in [2.24, 2.45) is 7.05 Å². The van der Waals surface area contributed by atoms with E-state index in [9.17, 15) is 4.79 Å². The van der Waals surface area contributed by atoms with Gasteiger partial charge >= 0.3 is 0 Å². The lowest BCUT2D eigenvalue weighted by molar-refractivity contribution is -0.113. The van der Waals surface area contributed by atoms with Gasteiger partial charge in [0.1, 0.15) is 12.4 Å². The van der Waals surface area contributed by atoms with Crippen LogP contribution in [-0.2, 0) is 18.4 Å². The van der Waals surface area contributed by atoms with Crippen LogP contribution in [0.25, 0.3) is 11.3 Å². The lowest BCUT2D eigenvalue weighted by Crippen LogP contribution is -2.14. The van der Waals surface area contributed by atoms with Crippen LogP contribution in [0.5, 0.6) is 5.75 Å². The molecule has 9 heteroatoms. The molecule has 0 aliphatic heterocycles. The summed E-state index contributed by atoms with van der Waals surface area (Å²) in [6, 6.07) is 16.0. The van der Waals surface area contributed by atoms with E-state index in [1.54, 1.807) is 0 Å². The third kappa shape index (κ3) is 5.54. The van der Waals surface area contributed by atoms with E-state index in [0.29, 0.717) is 22.7 Å². The van der Waals surface area contributed by atoms with Gasteiger partial charge in [0.2, 0.25) is 5.91 Å². The van der Waals surface area contributed by atoms with E-state index in [1.165, 1.54) is 34.2 Å². The van der Waals surface area contributed by atoms with E-state index < -0.39 is 0 Å². The molecule has 7 nitrogen and oxygen atoms in total. The zero-order valence-electron chi connectivity index (χ0n) is 18.0. The van der Waals surface area contributed by atoms with Crippen molar-refractivity contribution in [2.45, 2.75) is 25.6 Å². The van der Waals surface area contributed by atoms with Crippen molar-refractivity contribution in [1.29, 1.82) is 0 Å². The zero-order valence-corrected chi connectivity index (χ0v) is 19.7. The second-order valence-corrected chi connectivity index (χ2v) is 9.10. The number of aromatic nitrogens is 4. The van der Waals surface area contributed by atoms with E-state index >= 15 is 0 Å². The number of benzene rings is 2. The van der Waals surface area contributed by atoms with Crippen LogP contribution in [0.2, 0.25) is 0 Å². The van der Waals surface area contributed by atoms with Crippen molar-refractivity contribution in [3.05, 3.63) is 70.9 Å². The molecule has 0 saturated heterocycles. The number of carbonyl (C=O) groups is 1. The van der Waals surface area contributed by atoms with Crippen LogP contribution < -0.4 is 10.1 Å². The summed E-state index contributed by atoms with van der Waals surface area (Å²) in [6.45, 7) is 4.38. The molecule has 0 bridgehead atoms. The lowest BCUT2D eigenvalue weighted by atomic mass is 10.1. The number of nitrogens with zero attached hydrogens (tertiary/aromatic N) is 4. The molecule has 0 fully saturated rings. The largest absolute Gasteiger partial charge is 0.486 e. The molecule has 0 aliphatic carbocycles. The van der Waals surface area contributed by atoms with Gasteiger partial charge in [-0.3, -0.25) is 4.79 Å². The summed E-state index contributed by atoms with van der Waals surface area (Å²) in [6.07, 6.45) is 0. The van der Waals surface area contributed by atoms with Crippen LogP contribution in [0.3, 0.4) is 0 Å². The van der Waals surface area contributed by atoms with Crippen LogP contribution >= 0.6 is 23.1 Å². The smallest absolute Gasteiger partial charge is 0.236 e. The number of carbonyl (C=O) groups excluding carboxylic acids is 1. The fourth-order valence-electron chi connectivity index (χ4n) is 2.85. The maximum absolute atomic E-state index is 12.4. The van der Waals surface area contributed by atoms with Crippen LogP contribution in [-0.4, -0.2) is 31.4 Å². The third-order valence-corrected chi connectivity index (χ3v) is 6.52.